The van der Waals surface area contributed by atoms with Gasteiger partial charge in [0.15, 0.2) is 0 Å². The number of rotatable bonds is 3. The van der Waals surface area contributed by atoms with Gasteiger partial charge in [0.1, 0.15) is 11.4 Å². The van der Waals surface area contributed by atoms with Gasteiger partial charge in [-0.25, -0.2) is 4.98 Å². The van der Waals surface area contributed by atoms with Gasteiger partial charge in [-0.15, -0.1) is 0 Å². The first-order valence-corrected chi connectivity index (χ1v) is 6.44. The molecular formula is C17H12N2O2. The molecule has 21 heavy (non-hydrogen) atoms. The Balaban J connectivity index is 1.88. The zero-order valence-electron chi connectivity index (χ0n) is 11.1. The van der Waals surface area contributed by atoms with E-state index in [0.717, 1.165) is 10.9 Å². The Kier molecular flexibility index (Phi) is 3.43. The summed E-state index contributed by atoms with van der Waals surface area (Å²) in [5.41, 5.74) is 1.96. The normalized spacial score (nSPS) is 11.0. The number of fused-ring (bicyclic) bond motifs is 1. The van der Waals surface area contributed by atoms with Gasteiger partial charge in [0.05, 0.1) is 5.52 Å². The molecule has 0 saturated carbocycles. The number of phenols is 1. The zero-order valence-corrected chi connectivity index (χ0v) is 11.1. The van der Waals surface area contributed by atoms with E-state index in [1.54, 1.807) is 48.8 Å². The number of aromatic nitrogens is 2. The maximum Gasteiger partial charge on any atom is 0.204 e. The largest absolute Gasteiger partial charge is 0.508 e. The molecule has 102 valence electrons. The van der Waals surface area contributed by atoms with E-state index in [0.29, 0.717) is 11.2 Å². The standard InChI is InChI=1S/C17H12N2O2/c20-14-3-5-15-13(11-14)2-4-16(19-15)17(21)6-1-12-7-9-18-10-8-12/h1-11,20H. The van der Waals surface area contributed by atoms with E-state index < -0.39 is 0 Å². The van der Waals surface area contributed by atoms with E-state index in [4.69, 9.17) is 0 Å². The summed E-state index contributed by atoms with van der Waals surface area (Å²) >= 11 is 0. The third kappa shape index (κ3) is 2.95. The summed E-state index contributed by atoms with van der Waals surface area (Å²) in [4.78, 5) is 20.3. The average Bonchev–Trinajstić information content (AvgIpc) is 2.53. The van der Waals surface area contributed by atoms with Gasteiger partial charge in [0, 0.05) is 17.8 Å². The predicted molar refractivity (Wildman–Crippen MR) is 81.0 cm³/mol. The summed E-state index contributed by atoms with van der Waals surface area (Å²) < 4.78 is 0. The molecule has 1 N–H and O–H groups in total. The van der Waals surface area contributed by atoms with Crippen molar-refractivity contribution in [2.75, 3.05) is 0 Å². The number of aromatic hydroxyl groups is 1. The molecule has 2 heterocycles. The van der Waals surface area contributed by atoms with Crippen molar-refractivity contribution in [2.24, 2.45) is 0 Å². The number of benzene rings is 1. The minimum absolute atomic E-state index is 0.165. The van der Waals surface area contributed by atoms with Crippen LogP contribution in [0.3, 0.4) is 0 Å². The molecule has 0 radical (unpaired) electrons. The van der Waals surface area contributed by atoms with E-state index in [1.807, 2.05) is 12.1 Å². The first kappa shape index (κ1) is 13.0. The van der Waals surface area contributed by atoms with Crippen molar-refractivity contribution in [1.29, 1.82) is 0 Å². The van der Waals surface area contributed by atoms with Crippen LogP contribution in [0.5, 0.6) is 5.75 Å². The third-order valence-electron chi connectivity index (χ3n) is 3.06. The zero-order chi connectivity index (χ0) is 14.7. The number of allylic oxidation sites excluding steroid dienone is 1. The van der Waals surface area contributed by atoms with Crippen LogP contribution in [0.4, 0.5) is 0 Å². The molecule has 4 nitrogen and oxygen atoms in total. The SMILES string of the molecule is O=C(C=Cc1ccncc1)c1ccc2cc(O)ccc2n1. The molecular weight excluding hydrogens is 264 g/mol. The lowest BCUT2D eigenvalue weighted by molar-refractivity contribution is 0.104. The van der Waals surface area contributed by atoms with Gasteiger partial charge in [0.2, 0.25) is 5.78 Å². The van der Waals surface area contributed by atoms with Gasteiger partial charge < -0.3 is 5.11 Å². The van der Waals surface area contributed by atoms with E-state index in [9.17, 15) is 9.90 Å². The highest BCUT2D eigenvalue weighted by molar-refractivity contribution is 6.06. The van der Waals surface area contributed by atoms with E-state index >= 15 is 0 Å². The second-order valence-corrected chi connectivity index (χ2v) is 4.55. The Morgan fingerprint density at radius 2 is 1.86 bits per heavy atom. The Morgan fingerprint density at radius 1 is 1.05 bits per heavy atom. The number of carbonyl (C=O) groups is 1. The van der Waals surface area contributed by atoms with Gasteiger partial charge in [0.25, 0.3) is 0 Å². The molecule has 0 aliphatic carbocycles. The van der Waals surface area contributed by atoms with Gasteiger partial charge in [-0.2, -0.15) is 0 Å². The number of phenolic OH excluding ortho intramolecular Hbond substituents is 1. The fourth-order valence-electron chi connectivity index (χ4n) is 1.98. The number of nitrogens with zero attached hydrogens (tertiary/aromatic N) is 2. The topological polar surface area (TPSA) is 63.1 Å². The molecule has 3 aromatic rings. The van der Waals surface area contributed by atoms with Crippen molar-refractivity contribution in [2.45, 2.75) is 0 Å². The molecule has 2 aromatic heterocycles. The molecule has 0 saturated heterocycles. The van der Waals surface area contributed by atoms with Gasteiger partial charge in [-0.05, 0) is 48.0 Å². The molecule has 0 spiro atoms. The molecule has 0 unspecified atom stereocenters. The monoisotopic (exact) mass is 276 g/mol. The van der Waals surface area contributed by atoms with E-state index in [1.165, 1.54) is 6.08 Å². The molecule has 4 heteroatoms. The van der Waals surface area contributed by atoms with Gasteiger partial charge in [-0.1, -0.05) is 12.1 Å². The van der Waals surface area contributed by atoms with Crippen molar-refractivity contribution >= 4 is 22.8 Å². The lowest BCUT2D eigenvalue weighted by Crippen LogP contribution is -1.98. The molecule has 0 atom stereocenters. The summed E-state index contributed by atoms with van der Waals surface area (Å²) in [5, 5.41) is 10.2. The summed E-state index contributed by atoms with van der Waals surface area (Å²) in [6.45, 7) is 0. The van der Waals surface area contributed by atoms with Crippen LogP contribution in [0.2, 0.25) is 0 Å². The number of hydrogen-bond acceptors (Lipinski definition) is 4. The maximum atomic E-state index is 12.1. The number of ketones is 1. The molecule has 0 fully saturated rings. The molecule has 0 bridgehead atoms. The average molecular weight is 276 g/mol. The lowest BCUT2D eigenvalue weighted by atomic mass is 10.1. The Labute approximate surface area is 121 Å². The second-order valence-electron chi connectivity index (χ2n) is 4.55. The van der Waals surface area contributed by atoms with Crippen molar-refractivity contribution in [3.8, 4) is 5.75 Å². The van der Waals surface area contributed by atoms with E-state index in [2.05, 4.69) is 9.97 Å². The Morgan fingerprint density at radius 3 is 2.67 bits per heavy atom. The van der Waals surface area contributed by atoms with E-state index in [-0.39, 0.29) is 11.5 Å². The summed E-state index contributed by atoms with van der Waals surface area (Å²) in [5.74, 6) is 0.0164. The molecule has 3 rings (SSSR count). The summed E-state index contributed by atoms with van der Waals surface area (Å²) in [6, 6.07) is 11.9. The molecule has 0 aliphatic rings. The predicted octanol–water partition coefficient (Wildman–Crippen LogP) is 3.23. The molecule has 1 aromatic carbocycles. The highest BCUT2D eigenvalue weighted by Crippen LogP contribution is 2.18. The molecule has 0 amide bonds. The van der Waals surface area contributed by atoms with Crippen LogP contribution in [-0.4, -0.2) is 20.9 Å². The first-order valence-electron chi connectivity index (χ1n) is 6.44. The maximum absolute atomic E-state index is 12.1. The van der Waals surface area contributed by atoms with Crippen LogP contribution in [0.15, 0.2) is 60.9 Å². The summed E-state index contributed by atoms with van der Waals surface area (Å²) in [7, 11) is 0. The van der Waals surface area contributed by atoms with Crippen molar-refractivity contribution in [1.82, 2.24) is 9.97 Å². The van der Waals surface area contributed by atoms with Crippen molar-refractivity contribution in [3.63, 3.8) is 0 Å². The number of pyridine rings is 2. The van der Waals surface area contributed by atoms with Crippen LogP contribution < -0.4 is 0 Å². The van der Waals surface area contributed by atoms with Crippen molar-refractivity contribution in [3.05, 3.63) is 72.2 Å². The Bertz CT molecular complexity index is 827. The highest BCUT2D eigenvalue weighted by atomic mass is 16.3. The minimum Gasteiger partial charge on any atom is -0.508 e. The first-order chi connectivity index (χ1) is 10.2. The Hall–Kier alpha value is -3.01. The fourth-order valence-corrected chi connectivity index (χ4v) is 1.98. The smallest absolute Gasteiger partial charge is 0.204 e. The van der Waals surface area contributed by atoms with Crippen molar-refractivity contribution < 1.29 is 9.90 Å². The van der Waals surface area contributed by atoms with Crippen LogP contribution in [0, 0.1) is 0 Å². The van der Waals surface area contributed by atoms with Gasteiger partial charge in [-0.3, -0.25) is 9.78 Å². The quantitative estimate of drug-likeness (QED) is 0.589. The van der Waals surface area contributed by atoms with Crippen LogP contribution in [0.25, 0.3) is 17.0 Å². The molecule has 0 aliphatic heterocycles. The number of hydrogen-bond donors (Lipinski definition) is 1. The van der Waals surface area contributed by atoms with Crippen LogP contribution >= 0.6 is 0 Å². The lowest BCUT2D eigenvalue weighted by Gasteiger charge is -2.00. The highest BCUT2D eigenvalue weighted by Gasteiger charge is 2.05. The fraction of sp³-hybridized carbons (Fsp3) is 0. The van der Waals surface area contributed by atoms with Gasteiger partial charge >= 0.3 is 0 Å². The van der Waals surface area contributed by atoms with Crippen LogP contribution in [0.1, 0.15) is 16.1 Å². The minimum atomic E-state index is -0.165. The second kappa shape index (κ2) is 5.54. The number of carbonyl (C=O) groups excluding carboxylic acids is 1. The third-order valence-corrected chi connectivity index (χ3v) is 3.06. The van der Waals surface area contributed by atoms with Crippen LogP contribution in [-0.2, 0) is 0 Å². The summed E-state index contributed by atoms with van der Waals surface area (Å²) in [6.07, 6.45) is 6.56.